The molecule has 4 nitrogen and oxygen atoms in total. The lowest BCUT2D eigenvalue weighted by Crippen LogP contribution is -1.88. The zero-order valence-electron chi connectivity index (χ0n) is 6.99. The molecule has 0 aliphatic heterocycles. The van der Waals surface area contributed by atoms with Crippen molar-refractivity contribution in [2.75, 3.05) is 0 Å². The van der Waals surface area contributed by atoms with E-state index in [1.807, 2.05) is 0 Å². The van der Waals surface area contributed by atoms with Crippen LogP contribution >= 0.6 is 0 Å². The van der Waals surface area contributed by atoms with E-state index in [2.05, 4.69) is 15.2 Å². The highest BCUT2D eigenvalue weighted by atomic mass is 16.1. The topological polar surface area (TPSA) is 58.6 Å². The average Bonchev–Trinajstić information content (AvgIpc) is 2.57. The standard InChI is InChI=1S/C8H13N3O/c12-6-4-2-1-3-5-8-9-7-10-11-8/h6-7H,1-5H2,(H,9,10,11). The van der Waals surface area contributed by atoms with Crippen LogP contribution in [-0.4, -0.2) is 21.5 Å². The number of hydrogen-bond acceptors (Lipinski definition) is 3. The summed E-state index contributed by atoms with van der Waals surface area (Å²) in [7, 11) is 0. The SMILES string of the molecule is O=CCCCCCc1ncn[nH]1. The van der Waals surface area contributed by atoms with Crippen molar-refractivity contribution >= 4 is 6.29 Å². The van der Waals surface area contributed by atoms with E-state index in [1.165, 1.54) is 6.33 Å². The zero-order chi connectivity index (χ0) is 8.65. The van der Waals surface area contributed by atoms with Crippen LogP contribution in [-0.2, 0) is 11.2 Å². The van der Waals surface area contributed by atoms with Crippen molar-refractivity contribution in [3.8, 4) is 0 Å². The molecule has 0 bridgehead atoms. The Bertz CT molecular complexity index is 208. The van der Waals surface area contributed by atoms with E-state index in [-0.39, 0.29) is 0 Å². The molecule has 4 heteroatoms. The summed E-state index contributed by atoms with van der Waals surface area (Å²) >= 11 is 0. The predicted molar refractivity (Wildman–Crippen MR) is 44.6 cm³/mol. The first-order valence-electron chi connectivity index (χ1n) is 4.21. The normalized spacial score (nSPS) is 10.0. The number of aromatic amines is 1. The van der Waals surface area contributed by atoms with Gasteiger partial charge in [0.2, 0.25) is 0 Å². The molecule has 0 fully saturated rings. The van der Waals surface area contributed by atoms with Gasteiger partial charge in [0.05, 0.1) is 0 Å². The summed E-state index contributed by atoms with van der Waals surface area (Å²) in [5.41, 5.74) is 0. The summed E-state index contributed by atoms with van der Waals surface area (Å²) in [5, 5.41) is 6.54. The maximum atomic E-state index is 9.97. The molecule has 0 atom stereocenters. The highest BCUT2D eigenvalue weighted by molar-refractivity contribution is 5.48. The Balaban J connectivity index is 2.00. The molecule has 0 aromatic carbocycles. The fourth-order valence-electron chi connectivity index (χ4n) is 1.05. The van der Waals surface area contributed by atoms with Gasteiger partial charge in [-0.1, -0.05) is 6.42 Å². The van der Waals surface area contributed by atoms with Gasteiger partial charge in [0.15, 0.2) is 0 Å². The number of nitrogens with zero attached hydrogens (tertiary/aromatic N) is 2. The summed E-state index contributed by atoms with van der Waals surface area (Å²) in [6.07, 6.45) is 7.23. The Morgan fingerprint density at radius 2 is 2.33 bits per heavy atom. The number of carbonyl (C=O) groups is 1. The summed E-state index contributed by atoms with van der Waals surface area (Å²) < 4.78 is 0. The maximum absolute atomic E-state index is 9.97. The molecule has 1 aromatic rings. The number of H-pyrrole nitrogens is 1. The molecule has 0 aliphatic carbocycles. The van der Waals surface area contributed by atoms with Gasteiger partial charge < -0.3 is 4.79 Å². The fourth-order valence-corrected chi connectivity index (χ4v) is 1.05. The quantitative estimate of drug-likeness (QED) is 0.510. The maximum Gasteiger partial charge on any atom is 0.137 e. The molecule has 12 heavy (non-hydrogen) atoms. The highest BCUT2D eigenvalue weighted by Gasteiger charge is 1.94. The Hall–Kier alpha value is -1.19. The summed E-state index contributed by atoms with van der Waals surface area (Å²) in [6.45, 7) is 0. The lowest BCUT2D eigenvalue weighted by molar-refractivity contribution is -0.107. The van der Waals surface area contributed by atoms with E-state index >= 15 is 0 Å². The van der Waals surface area contributed by atoms with E-state index in [1.54, 1.807) is 0 Å². The largest absolute Gasteiger partial charge is 0.303 e. The van der Waals surface area contributed by atoms with Crippen LogP contribution in [0.3, 0.4) is 0 Å². The Kier molecular flexibility index (Phi) is 4.05. The number of aryl methyl sites for hydroxylation is 1. The van der Waals surface area contributed by atoms with Crippen molar-refractivity contribution in [2.24, 2.45) is 0 Å². The Morgan fingerprint density at radius 1 is 1.42 bits per heavy atom. The predicted octanol–water partition coefficient (Wildman–Crippen LogP) is 1.11. The Labute approximate surface area is 71.4 Å². The monoisotopic (exact) mass is 167 g/mol. The summed E-state index contributed by atoms with van der Waals surface area (Å²) in [5.74, 6) is 0.932. The van der Waals surface area contributed by atoms with Crippen LogP contribution in [0, 0.1) is 0 Å². The minimum Gasteiger partial charge on any atom is -0.303 e. The fraction of sp³-hybridized carbons (Fsp3) is 0.625. The number of carbonyl (C=O) groups excluding carboxylic acids is 1. The van der Waals surface area contributed by atoms with Crippen molar-refractivity contribution < 1.29 is 4.79 Å². The van der Waals surface area contributed by atoms with E-state index < -0.39 is 0 Å². The number of unbranched alkanes of at least 4 members (excludes halogenated alkanes) is 3. The first-order valence-corrected chi connectivity index (χ1v) is 4.21. The van der Waals surface area contributed by atoms with E-state index in [0.29, 0.717) is 6.42 Å². The minimum absolute atomic E-state index is 0.677. The highest BCUT2D eigenvalue weighted by Crippen LogP contribution is 2.01. The summed E-state index contributed by atoms with van der Waals surface area (Å²) in [4.78, 5) is 14.0. The number of rotatable bonds is 6. The van der Waals surface area contributed by atoms with Gasteiger partial charge in [0, 0.05) is 12.8 Å². The van der Waals surface area contributed by atoms with Crippen molar-refractivity contribution in [1.82, 2.24) is 15.2 Å². The minimum atomic E-state index is 0.677. The molecule has 0 radical (unpaired) electrons. The molecule has 1 N–H and O–H groups in total. The van der Waals surface area contributed by atoms with E-state index in [0.717, 1.165) is 37.8 Å². The first-order chi connectivity index (χ1) is 5.93. The van der Waals surface area contributed by atoms with Crippen LogP contribution in [0.15, 0.2) is 6.33 Å². The van der Waals surface area contributed by atoms with E-state index in [4.69, 9.17) is 0 Å². The number of nitrogens with one attached hydrogen (secondary N) is 1. The lowest BCUT2D eigenvalue weighted by atomic mass is 10.1. The smallest absolute Gasteiger partial charge is 0.137 e. The first kappa shape index (κ1) is 8.90. The van der Waals surface area contributed by atoms with Crippen molar-refractivity contribution in [1.29, 1.82) is 0 Å². The van der Waals surface area contributed by atoms with Gasteiger partial charge >= 0.3 is 0 Å². The Morgan fingerprint density at radius 3 is 3.00 bits per heavy atom. The van der Waals surface area contributed by atoms with Gasteiger partial charge in [0.1, 0.15) is 18.4 Å². The molecule has 0 saturated heterocycles. The van der Waals surface area contributed by atoms with Gasteiger partial charge in [-0.15, -0.1) is 0 Å². The van der Waals surface area contributed by atoms with Crippen LogP contribution in [0.25, 0.3) is 0 Å². The second-order valence-corrected chi connectivity index (χ2v) is 2.70. The van der Waals surface area contributed by atoms with Gasteiger partial charge in [-0.2, -0.15) is 5.10 Å². The molecule has 1 heterocycles. The third-order valence-electron chi connectivity index (χ3n) is 1.70. The van der Waals surface area contributed by atoms with E-state index in [9.17, 15) is 4.79 Å². The molecule has 0 unspecified atom stereocenters. The molecule has 0 amide bonds. The molecule has 66 valence electrons. The van der Waals surface area contributed by atoms with Crippen LogP contribution < -0.4 is 0 Å². The molecular formula is C8H13N3O. The lowest BCUT2D eigenvalue weighted by Gasteiger charge is -1.94. The van der Waals surface area contributed by atoms with Crippen molar-refractivity contribution in [2.45, 2.75) is 32.1 Å². The second kappa shape index (κ2) is 5.46. The molecule has 0 saturated carbocycles. The molecule has 0 spiro atoms. The van der Waals surface area contributed by atoms with Gasteiger partial charge in [-0.05, 0) is 12.8 Å². The zero-order valence-corrected chi connectivity index (χ0v) is 6.99. The van der Waals surface area contributed by atoms with Gasteiger partial charge in [-0.3, -0.25) is 5.10 Å². The third kappa shape index (κ3) is 3.27. The van der Waals surface area contributed by atoms with Crippen molar-refractivity contribution in [3.63, 3.8) is 0 Å². The van der Waals surface area contributed by atoms with Gasteiger partial charge in [-0.25, -0.2) is 4.98 Å². The van der Waals surface area contributed by atoms with Crippen LogP contribution in [0.4, 0.5) is 0 Å². The molecule has 1 rings (SSSR count). The third-order valence-corrected chi connectivity index (χ3v) is 1.70. The number of aldehydes is 1. The van der Waals surface area contributed by atoms with Crippen molar-refractivity contribution in [3.05, 3.63) is 12.2 Å². The molecular weight excluding hydrogens is 154 g/mol. The number of aromatic nitrogens is 3. The molecule has 0 aliphatic rings. The van der Waals surface area contributed by atoms with Crippen LogP contribution in [0.5, 0.6) is 0 Å². The summed E-state index contributed by atoms with van der Waals surface area (Å²) in [6, 6.07) is 0. The second-order valence-electron chi connectivity index (χ2n) is 2.70. The van der Waals surface area contributed by atoms with Gasteiger partial charge in [0.25, 0.3) is 0 Å². The van der Waals surface area contributed by atoms with Crippen LogP contribution in [0.2, 0.25) is 0 Å². The number of hydrogen-bond donors (Lipinski definition) is 1. The van der Waals surface area contributed by atoms with Crippen LogP contribution in [0.1, 0.15) is 31.5 Å². The average molecular weight is 167 g/mol. The molecule has 1 aromatic heterocycles.